The van der Waals surface area contributed by atoms with Crippen molar-refractivity contribution in [3.05, 3.63) is 26.8 Å². The molecule has 74 valence electrons. The van der Waals surface area contributed by atoms with Gasteiger partial charge in [0, 0.05) is 8.47 Å². The third kappa shape index (κ3) is 2.33. The molecule has 0 amide bonds. The standard InChI is InChI=1S/C8H3F3INS/c9-8(10,11)5-1-4(3-13)7(14)2-6(5)12/h1-2,14H. The first-order valence-electron chi connectivity index (χ1n) is 3.36. The predicted molar refractivity (Wildman–Crippen MR) is 56.1 cm³/mol. The smallest absolute Gasteiger partial charge is 0.192 e. The summed E-state index contributed by atoms with van der Waals surface area (Å²) in [5, 5.41) is 8.53. The number of rotatable bonds is 0. The van der Waals surface area contributed by atoms with E-state index >= 15 is 0 Å². The molecule has 0 aliphatic carbocycles. The maximum Gasteiger partial charge on any atom is 0.417 e. The second kappa shape index (κ2) is 3.98. The second-order valence-electron chi connectivity index (χ2n) is 2.46. The van der Waals surface area contributed by atoms with Gasteiger partial charge < -0.3 is 0 Å². The average Bonchev–Trinajstić information content (AvgIpc) is 2.02. The van der Waals surface area contributed by atoms with Crippen molar-refractivity contribution in [2.45, 2.75) is 11.1 Å². The highest BCUT2D eigenvalue weighted by Crippen LogP contribution is 2.34. The molecule has 1 aromatic rings. The van der Waals surface area contributed by atoms with Crippen LogP contribution >= 0.6 is 35.2 Å². The molecule has 0 saturated carbocycles. The highest BCUT2D eigenvalue weighted by molar-refractivity contribution is 14.1. The van der Waals surface area contributed by atoms with Crippen molar-refractivity contribution >= 4 is 35.2 Å². The van der Waals surface area contributed by atoms with Crippen LogP contribution in [0.2, 0.25) is 0 Å². The molecule has 1 nitrogen and oxygen atoms in total. The summed E-state index contributed by atoms with van der Waals surface area (Å²) in [5.74, 6) is 0. The van der Waals surface area contributed by atoms with Crippen LogP contribution in [0.1, 0.15) is 11.1 Å². The SMILES string of the molecule is N#Cc1cc(C(F)(F)F)c(I)cc1S. The molecule has 0 aliphatic rings. The van der Waals surface area contributed by atoms with E-state index in [0.29, 0.717) is 0 Å². The molecule has 0 saturated heterocycles. The zero-order valence-corrected chi connectivity index (χ0v) is 9.61. The van der Waals surface area contributed by atoms with Gasteiger partial charge in [0.2, 0.25) is 0 Å². The lowest BCUT2D eigenvalue weighted by Gasteiger charge is -2.10. The van der Waals surface area contributed by atoms with Crippen LogP contribution < -0.4 is 0 Å². The van der Waals surface area contributed by atoms with E-state index in [1.54, 1.807) is 28.7 Å². The number of nitrogens with zero attached hydrogens (tertiary/aromatic N) is 1. The fraction of sp³-hybridized carbons (Fsp3) is 0.125. The summed E-state index contributed by atoms with van der Waals surface area (Å²) < 4.78 is 37.1. The van der Waals surface area contributed by atoms with Crippen LogP contribution in [0, 0.1) is 14.9 Å². The Morgan fingerprint density at radius 2 is 1.93 bits per heavy atom. The molecule has 0 spiro atoms. The van der Waals surface area contributed by atoms with E-state index in [1.807, 2.05) is 0 Å². The summed E-state index contributed by atoms with van der Waals surface area (Å²) in [5.41, 5.74) is -0.867. The van der Waals surface area contributed by atoms with Crippen LogP contribution in [0.3, 0.4) is 0 Å². The fourth-order valence-electron chi connectivity index (χ4n) is 0.870. The number of hydrogen-bond acceptors (Lipinski definition) is 2. The number of thiol groups is 1. The van der Waals surface area contributed by atoms with Crippen molar-refractivity contribution in [3.63, 3.8) is 0 Å². The number of nitriles is 1. The summed E-state index contributed by atoms with van der Waals surface area (Å²) >= 11 is 5.46. The maximum absolute atomic E-state index is 12.4. The number of hydrogen-bond donors (Lipinski definition) is 1. The third-order valence-electron chi connectivity index (χ3n) is 1.51. The van der Waals surface area contributed by atoms with Gasteiger partial charge in [0.15, 0.2) is 0 Å². The molecule has 0 unspecified atom stereocenters. The number of benzene rings is 1. The topological polar surface area (TPSA) is 23.8 Å². The van der Waals surface area contributed by atoms with E-state index in [9.17, 15) is 13.2 Å². The van der Waals surface area contributed by atoms with Crippen LogP contribution in [0.15, 0.2) is 17.0 Å². The molecule has 0 N–H and O–H groups in total. The minimum absolute atomic E-state index is 0.0408. The minimum Gasteiger partial charge on any atom is -0.192 e. The van der Waals surface area contributed by atoms with Crippen molar-refractivity contribution in [2.24, 2.45) is 0 Å². The lowest BCUT2D eigenvalue weighted by Crippen LogP contribution is -2.08. The predicted octanol–water partition coefficient (Wildman–Crippen LogP) is 3.47. The average molecular weight is 329 g/mol. The zero-order valence-electron chi connectivity index (χ0n) is 6.56. The molecule has 0 fully saturated rings. The van der Waals surface area contributed by atoms with Crippen molar-refractivity contribution in [1.29, 1.82) is 5.26 Å². The highest BCUT2D eigenvalue weighted by Gasteiger charge is 2.33. The Morgan fingerprint density at radius 1 is 1.36 bits per heavy atom. The van der Waals surface area contributed by atoms with Gasteiger partial charge in [0.05, 0.1) is 11.1 Å². The van der Waals surface area contributed by atoms with Crippen molar-refractivity contribution in [2.75, 3.05) is 0 Å². The molecule has 0 aromatic heterocycles. The first kappa shape index (κ1) is 11.7. The highest BCUT2D eigenvalue weighted by atomic mass is 127. The van der Waals surface area contributed by atoms with Gasteiger partial charge in [-0.15, -0.1) is 12.6 Å². The Balaban J connectivity index is 3.41. The van der Waals surface area contributed by atoms with Gasteiger partial charge in [-0.2, -0.15) is 18.4 Å². The van der Waals surface area contributed by atoms with Gasteiger partial charge in [0.1, 0.15) is 6.07 Å². The van der Waals surface area contributed by atoms with Gasteiger partial charge in [0.25, 0.3) is 0 Å². The Morgan fingerprint density at radius 3 is 2.36 bits per heavy atom. The lowest BCUT2D eigenvalue weighted by atomic mass is 10.1. The van der Waals surface area contributed by atoms with Crippen LogP contribution in [-0.2, 0) is 6.18 Å². The number of halogens is 4. The Hall–Kier alpha value is -0.420. The largest absolute Gasteiger partial charge is 0.417 e. The van der Waals surface area contributed by atoms with Crippen molar-refractivity contribution in [3.8, 4) is 6.07 Å². The van der Waals surface area contributed by atoms with Crippen LogP contribution in [0.5, 0.6) is 0 Å². The fourth-order valence-corrected chi connectivity index (χ4v) is 2.13. The summed E-state index contributed by atoms with van der Waals surface area (Å²) in [6.07, 6.45) is -4.43. The summed E-state index contributed by atoms with van der Waals surface area (Å²) in [6.45, 7) is 0. The first-order valence-corrected chi connectivity index (χ1v) is 4.88. The van der Waals surface area contributed by atoms with Crippen LogP contribution in [-0.4, -0.2) is 0 Å². The summed E-state index contributed by atoms with van der Waals surface area (Å²) in [4.78, 5) is 0.255. The molecule has 1 aromatic carbocycles. The van der Waals surface area contributed by atoms with Gasteiger partial charge in [-0.1, -0.05) is 0 Å². The molecule has 0 radical (unpaired) electrons. The van der Waals surface area contributed by atoms with E-state index in [0.717, 1.165) is 6.07 Å². The minimum atomic E-state index is -4.43. The zero-order chi connectivity index (χ0) is 10.9. The second-order valence-corrected chi connectivity index (χ2v) is 4.10. The van der Waals surface area contributed by atoms with Gasteiger partial charge in [-0.25, -0.2) is 0 Å². The Labute approximate surface area is 97.5 Å². The Bertz CT molecular complexity index is 408. The molecular weight excluding hydrogens is 326 g/mol. The van der Waals surface area contributed by atoms with E-state index in [4.69, 9.17) is 5.26 Å². The van der Waals surface area contributed by atoms with E-state index < -0.39 is 11.7 Å². The quantitative estimate of drug-likeness (QED) is 0.572. The van der Waals surface area contributed by atoms with E-state index in [2.05, 4.69) is 12.6 Å². The van der Waals surface area contributed by atoms with Gasteiger partial charge in [-0.3, -0.25) is 0 Å². The van der Waals surface area contributed by atoms with Gasteiger partial charge >= 0.3 is 6.18 Å². The van der Waals surface area contributed by atoms with Gasteiger partial charge in [-0.05, 0) is 34.7 Å². The van der Waals surface area contributed by atoms with E-state index in [-0.39, 0.29) is 14.0 Å². The van der Waals surface area contributed by atoms with Crippen molar-refractivity contribution < 1.29 is 13.2 Å². The monoisotopic (exact) mass is 329 g/mol. The summed E-state index contributed by atoms with van der Waals surface area (Å²) in [6, 6.07) is 3.69. The van der Waals surface area contributed by atoms with Crippen LogP contribution in [0.4, 0.5) is 13.2 Å². The first-order chi connectivity index (χ1) is 6.36. The molecule has 0 atom stereocenters. The molecular formula is C8H3F3INS. The molecule has 6 heteroatoms. The van der Waals surface area contributed by atoms with E-state index in [1.165, 1.54) is 6.07 Å². The number of alkyl halides is 3. The molecule has 0 heterocycles. The molecule has 0 aliphatic heterocycles. The maximum atomic E-state index is 12.4. The molecule has 1 rings (SSSR count). The summed E-state index contributed by atoms with van der Waals surface area (Å²) in [7, 11) is 0. The normalized spacial score (nSPS) is 11.1. The molecule has 0 bridgehead atoms. The third-order valence-corrected chi connectivity index (χ3v) is 2.77. The van der Waals surface area contributed by atoms with Crippen LogP contribution in [0.25, 0.3) is 0 Å². The lowest BCUT2D eigenvalue weighted by molar-refractivity contribution is -0.138. The Kier molecular flexibility index (Phi) is 3.32. The van der Waals surface area contributed by atoms with Crippen molar-refractivity contribution in [1.82, 2.24) is 0 Å². The molecule has 14 heavy (non-hydrogen) atoms.